The molecule has 0 N–H and O–H groups in total. The molecule has 0 saturated heterocycles. The molecular weight excluding hydrogens is 96.1 g/mol. The van der Waals surface area contributed by atoms with E-state index in [-0.39, 0.29) is 0 Å². The zero-order valence-corrected chi connectivity index (χ0v) is 5.40. The van der Waals surface area contributed by atoms with Crippen LogP contribution in [0.3, 0.4) is 0 Å². The van der Waals surface area contributed by atoms with Crippen LogP contribution in [0.15, 0.2) is 0 Å². The number of hydrogen-bond acceptors (Lipinski definition) is 0. The summed E-state index contributed by atoms with van der Waals surface area (Å²) in [5.74, 6) is 0.924. The normalized spacial score (nSPS) is 22.1. The van der Waals surface area contributed by atoms with Gasteiger partial charge < -0.3 is 0 Å². The lowest BCUT2D eigenvalue weighted by Crippen LogP contribution is -1.90. The van der Waals surface area contributed by atoms with E-state index in [0.717, 1.165) is 12.3 Å². The Morgan fingerprint density at radius 3 is 3.00 bits per heavy atom. The van der Waals surface area contributed by atoms with Crippen molar-refractivity contribution >= 4 is 0 Å². The van der Waals surface area contributed by atoms with Crippen LogP contribution < -0.4 is 0 Å². The molecule has 46 valence electrons. The van der Waals surface area contributed by atoms with Gasteiger partial charge in [0.2, 0.25) is 0 Å². The smallest absolute Gasteiger partial charge is 0.0355 e. The van der Waals surface area contributed by atoms with Crippen LogP contribution in [0.4, 0.5) is 0 Å². The van der Waals surface area contributed by atoms with E-state index in [1.807, 2.05) is 0 Å². The van der Waals surface area contributed by atoms with Crippen molar-refractivity contribution in [3.05, 3.63) is 13.3 Å². The van der Waals surface area contributed by atoms with E-state index >= 15 is 0 Å². The lowest BCUT2D eigenvalue weighted by atomic mass is 10.0. The molecular formula is C8H14. The maximum absolute atomic E-state index is 3.83. The molecule has 0 aromatic heterocycles. The summed E-state index contributed by atoms with van der Waals surface area (Å²) in [5, 5.41) is 0. The highest BCUT2D eigenvalue weighted by atomic mass is 14.2. The molecule has 2 radical (unpaired) electrons. The zero-order valence-electron chi connectivity index (χ0n) is 5.40. The van der Waals surface area contributed by atoms with Crippen LogP contribution in [0.2, 0.25) is 0 Å². The van der Waals surface area contributed by atoms with E-state index in [0.29, 0.717) is 0 Å². The molecule has 0 heteroatoms. The van der Waals surface area contributed by atoms with E-state index in [1.54, 1.807) is 0 Å². The summed E-state index contributed by atoms with van der Waals surface area (Å²) in [6, 6.07) is 0. The topological polar surface area (TPSA) is 0 Å². The van der Waals surface area contributed by atoms with Gasteiger partial charge in [-0.25, -0.2) is 0 Å². The van der Waals surface area contributed by atoms with Gasteiger partial charge in [0.05, 0.1) is 0 Å². The zero-order chi connectivity index (χ0) is 5.82. The van der Waals surface area contributed by atoms with E-state index in [9.17, 15) is 0 Å². The molecule has 1 rings (SSSR count). The second-order valence-corrected chi connectivity index (χ2v) is 2.57. The molecule has 0 spiro atoms. The molecule has 0 bridgehead atoms. The SMILES string of the molecule is [CH2]CCC1[CH]CCC1. The molecule has 0 nitrogen and oxygen atoms in total. The van der Waals surface area contributed by atoms with Crippen LogP contribution in [-0.4, -0.2) is 0 Å². The summed E-state index contributed by atoms with van der Waals surface area (Å²) >= 11 is 0. The molecule has 0 heterocycles. The van der Waals surface area contributed by atoms with Crippen molar-refractivity contribution in [3.63, 3.8) is 0 Å². The van der Waals surface area contributed by atoms with Gasteiger partial charge in [0.15, 0.2) is 0 Å². The average Bonchev–Trinajstić information content (AvgIpc) is 2.19. The molecule has 1 unspecified atom stereocenters. The fourth-order valence-corrected chi connectivity index (χ4v) is 1.38. The van der Waals surface area contributed by atoms with Gasteiger partial charge in [-0.2, -0.15) is 0 Å². The van der Waals surface area contributed by atoms with Crippen LogP contribution in [0.1, 0.15) is 32.1 Å². The lowest BCUT2D eigenvalue weighted by molar-refractivity contribution is 0.574. The highest BCUT2D eigenvalue weighted by molar-refractivity contribution is 4.82. The van der Waals surface area contributed by atoms with Crippen molar-refractivity contribution in [2.45, 2.75) is 32.1 Å². The third kappa shape index (κ3) is 1.50. The molecule has 1 fully saturated rings. The van der Waals surface area contributed by atoms with Gasteiger partial charge in [-0.3, -0.25) is 0 Å². The fourth-order valence-electron chi connectivity index (χ4n) is 1.38. The van der Waals surface area contributed by atoms with Crippen molar-refractivity contribution in [2.24, 2.45) is 5.92 Å². The van der Waals surface area contributed by atoms with Crippen LogP contribution in [0.25, 0.3) is 0 Å². The Kier molecular flexibility index (Phi) is 2.38. The van der Waals surface area contributed by atoms with E-state index in [1.165, 1.54) is 25.7 Å². The third-order valence-electron chi connectivity index (χ3n) is 1.85. The fraction of sp³-hybridized carbons (Fsp3) is 0.750. The van der Waals surface area contributed by atoms with Crippen LogP contribution in [0, 0.1) is 19.3 Å². The monoisotopic (exact) mass is 110 g/mol. The number of rotatable bonds is 2. The molecule has 0 aliphatic heterocycles. The molecule has 0 amide bonds. The molecule has 0 aromatic carbocycles. The highest BCUT2D eigenvalue weighted by Crippen LogP contribution is 2.26. The van der Waals surface area contributed by atoms with Gasteiger partial charge in [-0.05, 0) is 18.8 Å². The summed E-state index contributed by atoms with van der Waals surface area (Å²) in [7, 11) is 0. The Bertz CT molecular complexity index is 51.1. The summed E-state index contributed by atoms with van der Waals surface area (Å²) in [5.41, 5.74) is 0. The van der Waals surface area contributed by atoms with Crippen molar-refractivity contribution < 1.29 is 0 Å². The van der Waals surface area contributed by atoms with Gasteiger partial charge in [0.1, 0.15) is 0 Å². The maximum atomic E-state index is 3.83. The first-order valence-electron chi connectivity index (χ1n) is 3.56. The summed E-state index contributed by atoms with van der Waals surface area (Å²) in [6.07, 6.45) is 9.08. The Hall–Kier alpha value is 0. The maximum Gasteiger partial charge on any atom is -0.0355 e. The first-order valence-corrected chi connectivity index (χ1v) is 3.56. The van der Waals surface area contributed by atoms with Crippen molar-refractivity contribution in [3.8, 4) is 0 Å². The molecule has 1 atom stereocenters. The minimum atomic E-state index is 0.924. The van der Waals surface area contributed by atoms with Gasteiger partial charge in [-0.15, -0.1) is 0 Å². The van der Waals surface area contributed by atoms with E-state index in [4.69, 9.17) is 0 Å². The Labute approximate surface area is 52.3 Å². The largest absolute Gasteiger partial charge is 0.0533 e. The molecule has 0 aromatic rings. The van der Waals surface area contributed by atoms with Crippen molar-refractivity contribution in [1.29, 1.82) is 0 Å². The first kappa shape index (κ1) is 6.12. The van der Waals surface area contributed by atoms with Gasteiger partial charge >= 0.3 is 0 Å². The standard InChI is InChI=1S/C8H14/c1-2-5-8-6-3-4-7-8/h6,8H,1-5,7H2. The average molecular weight is 110 g/mol. The van der Waals surface area contributed by atoms with Crippen molar-refractivity contribution in [1.82, 2.24) is 0 Å². The minimum Gasteiger partial charge on any atom is -0.0533 e. The predicted octanol–water partition coefficient (Wildman–Crippen LogP) is 2.61. The number of hydrogen-bond donors (Lipinski definition) is 0. The molecule has 1 aliphatic carbocycles. The highest BCUT2D eigenvalue weighted by Gasteiger charge is 2.12. The predicted molar refractivity (Wildman–Crippen MR) is 36.2 cm³/mol. The van der Waals surface area contributed by atoms with Gasteiger partial charge in [0.25, 0.3) is 0 Å². The summed E-state index contributed by atoms with van der Waals surface area (Å²) in [4.78, 5) is 0. The van der Waals surface area contributed by atoms with Gasteiger partial charge in [0, 0.05) is 0 Å². The van der Waals surface area contributed by atoms with E-state index in [2.05, 4.69) is 13.3 Å². The lowest BCUT2D eigenvalue weighted by Gasteiger charge is -2.02. The molecule has 1 saturated carbocycles. The summed E-state index contributed by atoms with van der Waals surface area (Å²) in [6.45, 7) is 3.83. The first-order chi connectivity index (χ1) is 3.93. The minimum absolute atomic E-state index is 0.924. The van der Waals surface area contributed by atoms with E-state index < -0.39 is 0 Å². The molecule has 8 heavy (non-hydrogen) atoms. The quantitative estimate of drug-likeness (QED) is 0.512. The molecule has 1 aliphatic rings. The van der Waals surface area contributed by atoms with Crippen LogP contribution in [0.5, 0.6) is 0 Å². The second-order valence-electron chi connectivity index (χ2n) is 2.57. The van der Waals surface area contributed by atoms with Crippen molar-refractivity contribution in [2.75, 3.05) is 0 Å². The van der Waals surface area contributed by atoms with Crippen LogP contribution >= 0.6 is 0 Å². The Balaban J connectivity index is 2.06. The third-order valence-corrected chi connectivity index (χ3v) is 1.85. The summed E-state index contributed by atoms with van der Waals surface area (Å²) < 4.78 is 0. The Morgan fingerprint density at radius 2 is 2.50 bits per heavy atom. The second kappa shape index (κ2) is 3.11. The van der Waals surface area contributed by atoms with Gasteiger partial charge in [-0.1, -0.05) is 32.6 Å². The van der Waals surface area contributed by atoms with Crippen LogP contribution in [-0.2, 0) is 0 Å². The Morgan fingerprint density at radius 1 is 1.62 bits per heavy atom.